The largest absolute Gasteiger partial charge is 0.358 e. The molecule has 0 aliphatic carbocycles. The van der Waals surface area contributed by atoms with E-state index >= 15 is 0 Å². The maximum atomic E-state index is 11.8. The van der Waals surface area contributed by atoms with Gasteiger partial charge in [-0.3, -0.25) is 4.79 Å². The van der Waals surface area contributed by atoms with E-state index in [0.29, 0.717) is 6.42 Å². The molecule has 0 spiro atoms. The molecular formula is C15H18N2OS. The van der Waals surface area contributed by atoms with Gasteiger partial charge in [0.1, 0.15) is 0 Å². The van der Waals surface area contributed by atoms with Crippen LogP contribution in [0.5, 0.6) is 0 Å². The number of hydrogen-bond acceptors (Lipinski definition) is 2. The predicted octanol–water partition coefficient (Wildman–Crippen LogP) is 2.55. The third-order valence-corrected chi connectivity index (χ3v) is 4.20. The quantitative estimate of drug-likeness (QED) is 0.829. The number of carbonyl (C=O) groups is 1. The van der Waals surface area contributed by atoms with Crippen LogP contribution in [0, 0.1) is 6.92 Å². The number of aryl methyl sites for hydroxylation is 1. The van der Waals surface area contributed by atoms with Gasteiger partial charge in [0.2, 0.25) is 5.91 Å². The average Bonchev–Trinajstić information content (AvgIpc) is 2.86. The Kier molecular flexibility index (Phi) is 3.27. The van der Waals surface area contributed by atoms with Crippen LogP contribution in [0.1, 0.15) is 17.7 Å². The molecule has 1 N–H and O–H groups in total. The lowest BCUT2D eigenvalue weighted by atomic mass is 10.1. The number of para-hydroxylation sites is 1. The van der Waals surface area contributed by atoms with Crippen molar-refractivity contribution in [2.75, 3.05) is 13.1 Å². The first-order chi connectivity index (χ1) is 9.15. The fourth-order valence-corrected chi connectivity index (χ4v) is 3.22. The van der Waals surface area contributed by atoms with Crippen LogP contribution in [0.2, 0.25) is 0 Å². The number of hydrogen-bond donors (Lipinski definition) is 2. The van der Waals surface area contributed by atoms with Gasteiger partial charge in [-0.2, -0.15) is 12.6 Å². The van der Waals surface area contributed by atoms with Crippen molar-refractivity contribution >= 4 is 29.4 Å². The van der Waals surface area contributed by atoms with E-state index in [1.807, 2.05) is 11.0 Å². The maximum absolute atomic E-state index is 11.8. The van der Waals surface area contributed by atoms with Gasteiger partial charge in [-0.1, -0.05) is 18.2 Å². The van der Waals surface area contributed by atoms with E-state index in [0.717, 1.165) is 19.5 Å². The highest BCUT2D eigenvalue weighted by Crippen LogP contribution is 2.23. The van der Waals surface area contributed by atoms with E-state index in [9.17, 15) is 4.79 Å². The van der Waals surface area contributed by atoms with Gasteiger partial charge in [0, 0.05) is 41.4 Å². The van der Waals surface area contributed by atoms with Crippen molar-refractivity contribution in [3.05, 3.63) is 35.5 Å². The average molecular weight is 274 g/mol. The lowest BCUT2D eigenvalue weighted by Gasteiger charge is -2.15. The number of fused-ring (bicyclic) bond motifs is 1. The molecule has 0 saturated carbocycles. The highest BCUT2D eigenvalue weighted by atomic mass is 32.1. The predicted molar refractivity (Wildman–Crippen MR) is 80.7 cm³/mol. The standard InChI is InChI=1S/C15H18N2OS/c1-10-12(13-4-2-3-5-14(13)16-10)6-7-17-9-11(19)8-15(17)18/h2-5,11,16,19H,6-9H2,1H3. The van der Waals surface area contributed by atoms with Crippen LogP contribution >= 0.6 is 12.6 Å². The van der Waals surface area contributed by atoms with Crippen LogP contribution in [0.25, 0.3) is 10.9 Å². The van der Waals surface area contributed by atoms with Gasteiger partial charge in [-0.05, 0) is 25.0 Å². The zero-order valence-corrected chi connectivity index (χ0v) is 11.9. The molecule has 3 nitrogen and oxygen atoms in total. The molecule has 100 valence electrons. The van der Waals surface area contributed by atoms with Crippen LogP contribution in [0.15, 0.2) is 24.3 Å². The lowest BCUT2D eigenvalue weighted by molar-refractivity contribution is -0.127. The maximum Gasteiger partial charge on any atom is 0.223 e. The minimum atomic E-state index is 0.205. The first kappa shape index (κ1) is 12.6. The number of aromatic amines is 1. The second kappa shape index (κ2) is 4.93. The summed E-state index contributed by atoms with van der Waals surface area (Å²) in [4.78, 5) is 17.1. The normalized spacial score (nSPS) is 19.6. The van der Waals surface area contributed by atoms with Crippen LogP contribution in [0.4, 0.5) is 0 Å². The molecule has 1 aromatic carbocycles. The number of amides is 1. The topological polar surface area (TPSA) is 36.1 Å². The second-order valence-corrected chi connectivity index (χ2v) is 5.95. The number of aromatic nitrogens is 1. The summed E-state index contributed by atoms with van der Waals surface area (Å²) in [6.07, 6.45) is 1.48. The van der Waals surface area contributed by atoms with Crippen molar-refractivity contribution in [3.63, 3.8) is 0 Å². The van der Waals surface area contributed by atoms with E-state index < -0.39 is 0 Å². The molecule has 2 aromatic rings. The number of nitrogens with one attached hydrogen (secondary N) is 1. The van der Waals surface area contributed by atoms with Gasteiger partial charge in [-0.25, -0.2) is 0 Å². The summed E-state index contributed by atoms with van der Waals surface area (Å²) in [7, 11) is 0. The molecule has 1 amide bonds. The van der Waals surface area contributed by atoms with Crippen LogP contribution < -0.4 is 0 Å². The number of carbonyl (C=O) groups excluding carboxylic acids is 1. The summed E-state index contributed by atoms with van der Waals surface area (Å²) in [5.41, 5.74) is 3.70. The molecule has 19 heavy (non-hydrogen) atoms. The van der Waals surface area contributed by atoms with Crippen LogP contribution in [0.3, 0.4) is 0 Å². The molecule has 1 saturated heterocycles. The fraction of sp³-hybridized carbons (Fsp3) is 0.400. The molecule has 0 radical (unpaired) electrons. The molecule has 1 unspecified atom stereocenters. The summed E-state index contributed by atoms with van der Waals surface area (Å²) in [6.45, 7) is 3.67. The number of likely N-dealkylation sites (tertiary alicyclic amines) is 1. The summed E-state index contributed by atoms with van der Waals surface area (Å²) in [5, 5.41) is 1.48. The van der Waals surface area contributed by atoms with Crippen molar-refractivity contribution in [1.29, 1.82) is 0 Å². The van der Waals surface area contributed by atoms with Crippen LogP contribution in [-0.2, 0) is 11.2 Å². The highest BCUT2D eigenvalue weighted by Gasteiger charge is 2.26. The summed E-state index contributed by atoms with van der Waals surface area (Å²) in [6, 6.07) is 8.33. The molecule has 3 rings (SSSR count). The van der Waals surface area contributed by atoms with E-state index in [4.69, 9.17) is 0 Å². The Morgan fingerprint density at radius 2 is 2.21 bits per heavy atom. The molecule has 1 fully saturated rings. The van der Waals surface area contributed by atoms with Crippen molar-refractivity contribution in [2.24, 2.45) is 0 Å². The number of rotatable bonds is 3. The Bertz CT molecular complexity index is 620. The summed E-state index contributed by atoms with van der Waals surface area (Å²) < 4.78 is 0. The lowest BCUT2D eigenvalue weighted by Crippen LogP contribution is -2.27. The Labute approximate surface area is 118 Å². The second-order valence-electron chi connectivity index (χ2n) is 5.22. The molecule has 2 heterocycles. The monoisotopic (exact) mass is 274 g/mol. The van der Waals surface area contributed by atoms with E-state index in [1.54, 1.807) is 0 Å². The smallest absolute Gasteiger partial charge is 0.223 e. The van der Waals surface area contributed by atoms with Gasteiger partial charge in [0.05, 0.1) is 0 Å². The molecule has 1 aromatic heterocycles. The van der Waals surface area contributed by atoms with Gasteiger partial charge >= 0.3 is 0 Å². The molecule has 1 atom stereocenters. The van der Waals surface area contributed by atoms with Crippen molar-refractivity contribution in [3.8, 4) is 0 Å². The number of thiol groups is 1. The van der Waals surface area contributed by atoms with E-state index in [2.05, 4.69) is 42.7 Å². The van der Waals surface area contributed by atoms with Gasteiger partial charge < -0.3 is 9.88 Å². The highest BCUT2D eigenvalue weighted by molar-refractivity contribution is 7.81. The number of H-pyrrole nitrogens is 1. The molecule has 0 bridgehead atoms. The summed E-state index contributed by atoms with van der Waals surface area (Å²) >= 11 is 4.39. The van der Waals surface area contributed by atoms with Crippen LogP contribution in [-0.4, -0.2) is 34.1 Å². The van der Waals surface area contributed by atoms with Crippen molar-refractivity contribution in [2.45, 2.75) is 25.0 Å². The Morgan fingerprint density at radius 1 is 1.42 bits per heavy atom. The molecule has 4 heteroatoms. The van der Waals surface area contributed by atoms with Crippen molar-refractivity contribution < 1.29 is 4.79 Å². The number of nitrogens with zero attached hydrogens (tertiary/aromatic N) is 1. The van der Waals surface area contributed by atoms with E-state index in [1.165, 1.54) is 22.2 Å². The van der Waals surface area contributed by atoms with Crippen molar-refractivity contribution in [1.82, 2.24) is 9.88 Å². The summed E-state index contributed by atoms with van der Waals surface area (Å²) in [5.74, 6) is 0.234. The Morgan fingerprint density at radius 3 is 2.95 bits per heavy atom. The van der Waals surface area contributed by atoms with Gasteiger partial charge in [0.15, 0.2) is 0 Å². The molecule has 1 aliphatic rings. The van der Waals surface area contributed by atoms with Gasteiger partial charge in [0.25, 0.3) is 0 Å². The molecular weight excluding hydrogens is 256 g/mol. The zero-order valence-electron chi connectivity index (χ0n) is 11.0. The third-order valence-electron chi connectivity index (χ3n) is 3.85. The minimum Gasteiger partial charge on any atom is -0.358 e. The third kappa shape index (κ3) is 2.37. The minimum absolute atomic E-state index is 0.205. The first-order valence-corrected chi connectivity index (χ1v) is 7.19. The molecule has 1 aliphatic heterocycles. The van der Waals surface area contributed by atoms with Gasteiger partial charge in [-0.15, -0.1) is 0 Å². The Balaban J connectivity index is 1.78. The van der Waals surface area contributed by atoms with E-state index in [-0.39, 0.29) is 11.2 Å². The number of benzene rings is 1. The SMILES string of the molecule is Cc1[nH]c2ccccc2c1CCN1CC(S)CC1=O. The fourth-order valence-electron chi connectivity index (χ4n) is 2.87. The zero-order chi connectivity index (χ0) is 13.4. The Hall–Kier alpha value is -1.42. The first-order valence-electron chi connectivity index (χ1n) is 6.67.